The normalized spacial score (nSPS) is 18.9. The van der Waals surface area contributed by atoms with E-state index in [4.69, 9.17) is 11.5 Å². The van der Waals surface area contributed by atoms with Gasteiger partial charge in [0.2, 0.25) is 0 Å². The minimum absolute atomic E-state index is 0.124. The van der Waals surface area contributed by atoms with Crippen LogP contribution in [0.3, 0.4) is 0 Å². The summed E-state index contributed by atoms with van der Waals surface area (Å²) in [6.45, 7) is 7.91. The zero-order valence-electron chi connectivity index (χ0n) is 16.6. The van der Waals surface area contributed by atoms with E-state index in [9.17, 15) is 4.79 Å². The third-order valence-electron chi connectivity index (χ3n) is 4.79. The lowest BCUT2D eigenvalue weighted by Gasteiger charge is -2.31. The minimum Gasteiger partial charge on any atom is -0.364 e. The lowest BCUT2D eigenvalue weighted by Crippen LogP contribution is -2.43. The van der Waals surface area contributed by atoms with Gasteiger partial charge < -0.3 is 21.7 Å². The van der Waals surface area contributed by atoms with Gasteiger partial charge in [0.1, 0.15) is 5.82 Å². The van der Waals surface area contributed by atoms with Crippen LogP contribution in [0.2, 0.25) is 0 Å². The van der Waals surface area contributed by atoms with E-state index in [2.05, 4.69) is 47.0 Å². The van der Waals surface area contributed by atoms with Gasteiger partial charge in [-0.05, 0) is 51.0 Å². The van der Waals surface area contributed by atoms with Gasteiger partial charge in [-0.15, -0.1) is 11.8 Å². The molecule has 27 heavy (non-hydrogen) atoms. The Morgan fingerprint density at radius 3 is 2.81 bits per heavy atom. The molecule has 0 radical (unpaired) electrons. The maximum atomic E-state index is 11.8. The standard InChI is InChI=1S/C19H30N6OS/c1-5-12(2)13(3)9-16(27-4)24-19-17(18(21)26)22-10-15(23-19)25-8-6-7-14(20)11-25/h9-10,14H,5-8,11,20H2,1-4H3,(H2,21,26)(H,23,24)/b13-12?,16-9-/t14-/m1/s1. The molecule has 0 aromatic carbocycles. The number of nitrogens with zero attached hydrogens (tertiary/aromatic N) is 3. The molecule has 1 fully saturated rings. The molecular weight excluding hydrogens is 360 g/mol. The van der Waals surface area contributed by atoms with Crippen LogP contribution < -0.4 is 21.7 Å². The maximum Gasteiger partial charge on any atom is 0.271 e. The zero-order chi connectivity index (χ0) is 20.0. The van der Waals surface area contributed by atoms with Gasteiger partial charge in [0.15, 0.2) is 11.5 Å². The molecule has 0 bridgehead atoms. The van der Waals surface area contributed by atoms with Crippen LogP contribution in [0.1, 0.15) is 50.5 Å². The monoisotopic (exact) mass is 390 g/mol. The fraction of sp³-hybridized carbons (Fsp3) is 0.526. The number of amides is 1. The lowest BCUT2D eigenvalue weighted by atomic mass is 10.1. The fourth-order valence-electron chi connectivity index (χ4n) is 2.88. The molecule has 1 atom stereocenters. The van der Waals surface area contributed by atoms with E-state index < -0.39 is 5.91 Å². The van der Waals surface area contributed by atoms with Gasteiger partial charge >= 0.3 is 0 Å². The Bertz CT molecular complexity index is 746. The summed E-state index contributed by atoms with van der Waals surface area (Å²) in [6, 6.07) is 0.124. The van der Waals surface area contributed by atoms with Gasteiger partial charge in [0, 0.05) is 19.1 Å². The highest BCUT2D eigenvalue weighted by molar-refractivity contribution is 8.02. The average molecular weight is 391 g/mol. The molecule has 8 heteroatoms. The summed E-state index contributed by atoms with van der Waals surface area (Å²) in [7, 11) is 0. The molecule has 1 saturated heterocycles. The number of aromatic nitrogens is 2. The molecule has 1 aliphatic heterocycles. The summed E-state index contributed by atoms with van der Waals surface area (Å²) in [5, 5.41) is 4.12. The van der Waals surface area contributed by atoms with Crippen molar-refractivity contribution in [2.75, 3.05) is 29.6 Å². The molecule has 1 aliphatic rings. The van der Waals surface area contributed by atoms with Crippen LogP contribution in [-0.4, -0.2) is 41.3 Å². The number of primary amides is 1. The first-order valence-electron chi connectivity index (χ1n) is 9.22. The molecule has 1 aromatic rings. The first-order chi connectivity index (χ1) is 12.8. The Labute approximate surface area is 165 Å². The highest BCUT2D eigenvalue weighted by Crippen LogP contribution is 2.24. The van der Waals surface area contributed by atoms with Gasteiger partial charge in [0.05, 0.1) is 11.2 Å². The topological polar surface area (TPSA) is 110 Å². The first-order valence-corrected chi connectivity index (χ1v) is 10.4. The highest BCUT2D eigenvalue weighted by atomic mass is 32.2. The number of anilines is 2. The first kappa shape index (κ1) is 21.2. The van der Waals surface area contributed by atoms with Crippen LogP contribution in [0.25, 0.3) is 0 Å². The number of nitrogens with two attached hydrogens (primary N) is 2. The highest BCUT2D eigenvalue weighted by Gasteiger charge is 2.21. The molecule has 1 aromatic heterocycles. The number of rotatable bonds is 7. The smallest absolute Gasteiger partial charge is 0.271 e. The van der Waals surface area contributed by atoms with Crippen molar-refractivity contribution in [1.82, 2.24) is 9.97 Å². The second-order valence-electron chi connectivity index (χ2n) is 6.79. The lowest BCUT2D eigenvalue weighted by molar-refractivity contribution is 0.0996. The number of thioether (sulfide) groups is 1. The Morgan fingerprint density at radius 2 is 2.22 bits per heavy atom. The van der Waals surface area contributed by atoms with Crippen LogP contribution in [0, 0.1) is 0 Å². The van der Waals surface area contributed by atoms with Crippen molar-refractivity contribution in [2.45, 2.75) is 46.1 Å². The van der Waals surface area contributed by atoms with E-state index in [0.717, 1.165) is 37.4 Å². The van der Waals surface area contributed by atoms with E-state index in [0.29, 0.717) is 11.6 Å². The van der Waals surface area contributed by atoms with Crippen LogP contribution in [0.4, 0.5) is 11.6 Å². The number of carbonyl (C=O) groups is 1. The van der Waals surface area contributed by atoms with Crippen LogP contribution in [0.15, 0.2) is 28.4 Å². The van der Waals surface area contributed by atoms with E-state index in [1.165, 1.54) is 11.1 Å². The Morgan fingerprint density at radius 1 is 1.48 bits per heavy atom. The molecule has 2 rings (SSSR count). The molecule has 0 unspecified atom stereocenters. The molecular formula is C19H30N6OS. The summed E-state index contributed by atoms with van der Waals surface area (Å²) in [5.41, 5.74) is 14.2. The molecule has 2 heterocycles. The van der Waals surface area contributed by atoms with Gasteiger partial charge in [0.25, 0.3) is 5.91 Å². The summed E-state index contributed by atoms with van der Waals surface area (Å²) >= 11 is 1.55. The molecule has 0 spiro atoms. The third kappa shape index (κ3) is 5.71. The predicted octanol–water partition coefficient (Wildman–Crippen LogP) is 2.87. The van der Waals surface area contributed by atoms with Gasteiger partial charge in [-0.2, -0.15) is 0 Å². The number of nitrogens with one attached hydrogen (secondary N) is 1. The van der Waals surface area contributed by atoms with Crippen molar-refractivity contribution in [3.05, 3.63) is 34.1 Å². The number of piperidine rings is 1. The number of carbonyl (C=O) groups excluding carboxylic acids is 1. The summed E-state index contributed by atoms with van der Waals surface area (Å²) in [5.74, 6) is 0.473. The van der Waals surface area contributed by atoms with E-state index in [1.54, 1.807) is 18.0 Å². The van der Waals surface area contributed by atoms with Gasteiger partial charge in [-0.25, -0.2) is 9.97 Å². The summed E-state index contributed by atoms with van der Waals surface area (Å²) < 4.78 is 0. The van der Waals surface area contributed by atoms with Crippen LogP contribution in [0.5, 0.6) is 0 Å². The van der Waals surface area contributed by atoms with Crippen LogP contribution in [-0.2, 0) is 0 Å². The quantitative estimate of drug-likeness (QED) is 0.614. The molecule has 0 saturated carbocycles. The molecule has 1 amide bonds. The number of hydrogen-bond donors (Lipinski definition) is 3. The van der Waals surface area contributed by atoms with Gasteiger partial charge in [-0.3, -0.25) is 4.79 Å². The largest absolute Gasteiger partial charge is 0.364 e. The van der Waals surface area contributed by atoms with Gasteiger partial charge in [-0.1, -0.05) is 12.5 Å². The minimum atomic E-state index is -0.607. The summed E-state index contributed by atoms with van der Waals surface area (Å²) in [4.78, 5) is 22.8. The van der Waals surface area contributed by atoms with Crippen molar-refractivity contribution in [3.63, 3.8) is 0 Å². The third-order valence-corrected chi connectivity index (χ3v) is 5.45. The van der Waals surface area contributed by atoms with E-state index in [1.807, 2.05) is 6.26 Å². The Kier molecular flexibility index (Phi) is 7.67. The maximum absolute atomic E-state index is 11.8. The van der Waals surface area contributed by atoms with Crippen molar-refractivity contribution in [1.29, 1.82) is 0 Å². The van der Waals surface area contributed by atoms with Crippen LogP contribution >= 0.6 is 11.8 Å². The van der Waals surface area contributed by atoms with Crippen molar-refractivity contribution in [2.24, 2.45) is 11.5 Å². The average Bonchev–Trinajstić information content (AvgIpc) is 2.66. The number of allylic oxidation sites excluding steroid dienone is 3. The molecule has 148 valence electrons. The molecule has 7 nitrogen and oxygen atoms in total. The van der Waals surface area contributed by atoms with E-state index in [-0.39, 0.29) is 11.7 Å². The van der Waals surface area contributed by atoms with Crippen molar-refractivity contribution in [3.8, 4) is 0 Å². The van der Waals surface area contributed by atoms with Crippen molar-refractivity contribution < 1.29 is 4.79 Å². The fourth-order valence-corrected chi connectivity index (χ4v) is 3.37. The predicted molar refractivity (Wildman–Crippen MR) is 114 cm³/mol. The van der Waals surface area contributed by atoms with Crippen molar-refractivity contribution >= 4 is 29.3 Å². The second-order valence-corrected chi connectivity index (χ2v) is 7.64. The Hall–Kier alpha value is -2.06. The Balaban J connectivity index is 2.36. The van der Waals surface area contributed by atoms with E-state index >= 15 is 0 Å². The molecule has 0 aliphatic carbocycles. The molecule has 5 N–H and O–H groups in total. The zero-order valence-corrected chi connectivity index (χ0v) is 17.4. The SMILES string of the molecule is CCC(C)=C(C)/C=C(/Nc1nc(N2CCC[C@@H](N)C2)cnc1C(N)=O)SC. The summed E-state index contributed by atoms with van der Waals surface area (Å²) in [6.07, 6.45) is 8.63. The number of hydrogen-bond acceptors (Lipinski definition) is 7. The second kappa shape index (κ2) is 9.75.